The van der Waals surface area contributed by atoms with E-state index >= 15 is 0 Å². The Bertz CT molecular complexity index is 459. The Kier molecular flexibility index (Phi) is 2.94. The minimum Gasteiger partial charge on any atom is -0.390 e. The van der Waals surface area contributed by atoms with Crippen molar-refractivity contribution in [3.63, 3.8) is 0 Å². The zero-order valence-electron chi connectivity index (χ0n) is 7.89. The Morgan fingerprint density at radius 3 is 2.73 bits per heavy atom. The summed E-state index contributed by atoms with van der Waals surface area (Å²) in [6.07, 6.45) is 5.13. The lowest BCUT2D eigenvalue weighted by atomic mass is 10.1. The monoisotopic (exact) mass is 220 g/mol. The molecule has 0 saturated carbocycles. The molecule has 2 heterocycles. The number of pyridine rings is 2. The summed E-state index contributed by atoms with van der Waals surface area (Å²) in [5, 5.41) is 9.39. The Balaban J connectivity index is 2.43. The van der Waals surface area contributed by atoms with Gasteiger partial charge in [0.15, 0.2) is 0 Å². The summed E-state index contributed by atoms with van der Waals surface area (Å²) in [7, 11) is 0. The number of nitrogens with zero attached hydrogens (tertiary/aromatic N) is 2. The summed E-state index contributed by atoms with van der Waals surface area (Å²) >= 11 is 5.94. The third-order valence-electron chi connectivity index (χ3n) is 2.06. The quantitative estimate of drug-likeness (QED) is 0.845. The zero-order valence-corrected chi connectivity index (χ0v) is 8.65. The van der Waals surface area contributed by atoms with Crippen molar-refractivity contribution in [2.75, 3.05) is 0 Å². The summed E-state index contributed by atoms with van der Waals surface area (Å²) in [4.78, 5) is 8.08. The van der Waals surface area contributed by atoms with Gasteiger partial charge in [-0.3, -0.25) is 9.97 Å². The van der Waals surface area contributed by atoms with Crippen LogP contribution in [-0.2, 0) is 6.61 Å². The maximum absolute atomic E-state index is 8.92. The van der Waals surface area contributed by atoms with E-state index in [0.29, 0.717) is 10.7 Å². The first-order valence-electron chi connectivity index (χ1n) is 4.47. The first kappa shape index (κ1) is 10.1. The van der Waals surface area contributed by atoms with Gasteiger partial charge in [-0.1, -0.05) is 17.7 Å². The first-order valence-corrected chi connectivity index (χ1v) is 4.84. The summed E-state index contributed by atoms with van der Waals surface area (Å²) in [5.41, 5.74) is 2.34. The third kappa shape index (κ3) is 2.14. The smallest absolute Gasteiger partial charge is 0.0868 e. The van der Waals surface area contributed by atoms with Gasteiger partial charge >= 0.3 is 0 Å². The van der Waals surface area contributed by atoms with Gasteiger partial charge in [0.1, 0.15) is 0 Å². The molecule has 0 fully saturated rings. The van der Waals surface area contributed by atoms with Gasteiger partial charge in [-0.05, 0) is 12.1 Å². The largest absolute Gasteiger partial charge is 0.390 e. The molecular weight excluding hydrogens is 212 g/mol. The zero-order chi connectivity index (χ0) is 10.7. The van der Waals surface area contributed by atoms with Crippen LogP contribution in [0.25, 0.3) is 11.1 Å². The average Bonchev–Trinajstić information content (AvgIpc) is 2.30. The van der Waals surface area contributed by atoms with Crippen LogP contribution in [0.15, 0.2) is 36.8 Å². The van der Waals surface area contributed by atoms with E-state index in [0.717, 1.165) is 11.1 Å². The van der Waals surface area contributed by atoms with Crippen LogP contribution in [0.2, 0.25) is 5.02 Å². The van der Waals surface area contributed by atoms with Gasteiger partial charge < -0.3 is 5.11 Å². The standard InChI is InChI=1S/C11H9ClN2O/c12-10-4-9(6-14-11(10)7-15)8-2-1-3-13-5-8/h1-6,15H,7H2. The fourth-order valence-electron chi connectivity index (χ4n) is 1.27. The lowest BCUT2D eigenvalue weighted by Crippen LogP contribution is -1.91. The van der Waals surface area contributed by atoms with Gasteiger partial charge in [-0.15, -0.1) is 0 Å². The Hall–Kier alpha value is -1.45. The number of hydrogen-bond acceptors (Lipinski definition) is 3. The van der Waals surface area contributed by atoms with Crippen molar-refractivity contribution in [2.45, 2.75) is 6.61 Å². The van der Waals surface area contributed by atoms with E-state index in [1.54, 1.807) is 24.7 Å². The second kappa shape index (κ2) is 4.38. The highest BCUT2D eigenvalue weighted by atomic mass is 35.5. The van der Waals surface area contributed by atoms with E-state index < -0.39 is 0 Å². The summed E-state index contributed by atoms with van der Waals surface area (Å²) in [6.45, 7) is -0.147. The van der Waals surface area contributed by atoms with Gasteiger partial charge in [-0.25, -0.2) is 0 Å². The molecule has 2 rings (SSSR count). The van der Waals surface area contributed by atoms with Crippen molar-refractivity contribution in [3.8, 4) is 11.1 Å². The van der Waals surface area contributed by atoms with Crippen molar-refractivity contribution in [1.29, 1.82) is 0 Å². The van der Waals surface area contributed by atoms with Crippen LogP contribution < -0.4 is 0 Å². The molecular formula is C11H9ClN2O. The summed E-state index contributed by atoms with van der Waals surface area (Å²) in [5.74, 6) is 0. The van der Waals surface area contributed by atoms with Gasteiger partial charge in [0.05, 0.1) is 17.3 Å². The van der Waals surface area contributed by atoms with Crippen LogP contribution in [-0.4, -0.2) is 15.1 Å². The molecule has 0 bridgehead atoms. The van der Waals surface area contributed by atoms with Gasteiger partial charge in [-0.2, -0.15) is 0 Å². The first-order chi connectivity index (χ1) is 7.31. The van der Waals surface area contributed by atoms with Crippen molar-refractivity contribution in [2.24, 2.45) is 0 Å². The Morgan fingerprint density at radius 2 is 2.13 bits per heavy atom. The fraction of sp³-hybridized carbons (Fsp3) is 0.0909. The molecule has 0 aromatic carbocycles. The maximum Gasteiger partial charge on any atom is 0.0868 e. The summed E-state index contributed by atoms with van der Waals surface area (Å²) < 4.78 is 0. The van der Waals surface area contributed by atoms with Crippen LogP contribution >= 0.6 is 11.6 Å². The second-order valence-electron chi connectivity index (χ2n) is 3.05. The second-order valence-corrected chi connectivity index (χ2v) is 3.46. The lowest BCUT2D eigenvalue weighted by Gasteiger charge is -2.03. The SMILES string of the molecule is OCc1ncc(-c2cccnc2)cc1Cl. The molecule has 4 heteroatoms. The molecule has 0 aliphatic rings. The Morgan fingerprint density at radius 1 is 1.27 bits per heavy atom. The molecule has 3 nitrogen and oxygen atoms in total. The summed E-state index contributed by atoms with van der Waals surface area (Å²) in [6, 6.07) is 5.55. The number of aliphatic hydroxyl groups excluding tert-OH is 1. The van der Waals surface area contributed by atoms with Crippen molar-refractivity contribution < 1.29 is 5.11 Å². The molecule has 76 valence electrons. The molecule has 0 amide bonds. The molecule has 1 N–H and O–H groups in total. The molecule has 0 radical (unpaired) electrons. The van der Waals surface area contributed by atoms with Crippen molar-refractivity contribution in [1.82, 2.24) is 9.97 Å². The molecule has 0 atom stereocenters. The van der Waals surface area contributed by atoms with Crippen LogP contribution in [0.4, 0.5) is 0 Å². The van der Waals surface area contributed by atoms with Crippen LogP contribution in [0, 0.1) is 0 Å². The molecule has 0 saturated heterocycles. The van der Waals surface area contributed by atoms with Crippen LogP contribution in [0.5, 0.6) is 0 Å². The predicted octanol–water partition coefficient (Wildman–Crippen LogP) is 2.29. The van der Waals surface area contributed by atoms with Crippen molar-refractivity contribution >= 4 is 11.6 Å². The van der Waals surface area contributed by atoms with Crippen LogP contribution in [0.3, 0.4) is 0 Å². The van der Waals surface area contributed by atoms with Gasteiger partial charge in [0.2, 0.25) is 0 Å². The van der Waals surface area contributed by atoms with Crippen LogP contribution in [0.1, 0.15) is 5.69 Å². The van der Waals surface area contributed by atoms with E-state index in [1.807, 2.05) is 12.1 Å². The maximum atomic E-state index is 8.92. The van der Waals surface area contributed by atoms with E-state index in [4.69, 9.17) is 16.7 Å². The van der Waals surface area contributed by atoms with E-state index in [2.05, 4.69) is 9.97 Å². The topological polar surface area (TPSA) is 46.0 Å². The molecule has 2 aromatic rings. The molecule has 2 aromatic heterocycles. The highest BCUT2D eigenvalue weighted by Gasteiger charge is 2.03. The molecule has 0 unspecified atom stereocenters. The minimum absolute atomic E-state index is 0.147. The Labute approximate surface area is 92.4 Å². The third-order valence-corrected chi connectivity index (χ3v) is 2.39. The number of hydrogen-bond donors (Lipinski definition) is 1. The number of aliphatic hydroxyl groups is 1. The average molecular weight is 221 g/mol. The highest BCUT2D eigenvalue weighted by molar-refractivity contribution is 6.31. The van der Waals surface area contributed by atoms with Crippen molar-refractivity contribution in [3.05, 3.63) is 47.5 Å². The van der Waals surface area contributed by atoms with E-state index in [9.17, 15) is 0 Å². The van der Waals surface area contributed by atoms with E-state index in [1.165, 1.54) is 0 Å². The number of aromatic nitrogens is 2. The normalized spacial score (nSPS) is 10.3. The fourth-order valence-corrected chi connectivity index (χ4v) is 1.50. The number of rotatable bonds is 2. The highest BCUT2D eigenvalue weighted by Crippen LogP contribution is 2.22. The van der Waals surface area contributed by atoms with Gasteiger partial charge in [0.25, 0.3) is 0 Å². The predicted molar refractivity (Wildman–Crippen MR) is 58.4 cm³/mol. The molecule has 0 aliphatic carbocycles. The molecule has 0 spiro atoms. The number of halogens is 1. The lowest BCUT2D eigenvalue weighted by molar-refractivity contribution is 0.277. The minimum atomic E-state index is -0.147. The van der Waals surface area contributed by atoms with E-state index in [-0.39, 0.29) is 6.61 Å². The molecule has 0 aliphatic heterocycles. The molecule has 15 heavy (non-hydrogen) atoms. The van der Waals surface area contributed by atoms with Gasteiger partial charge in [0, 0.05) is 29.7 Å².